The molecule has 5 rings (SSSR count). The number of carbonyl (C=O) groups excluding carboxylic acids is 3. The zero-order valence-electron chi connectivity index (χ0n) is 25.1. The van der Waals surface area contributed by atoms with Crippen molar-refractivity contribution in [1.82, 2.24) is 10.2 Å². The Balaban J connectivity index is 1.71. The van der Waals surface area contributed by atoms with Gasteiger partial charge in [-0.2, -0.15) is 0 Å². The molecule has 230 valence electrons. The number of aldehydes is 1. The molecule has 9 nitrogen and oxygen atoms in total. The first kappa shape index (κ1) is 32.5. The van der Waals surface area contributed by atoms with Gasteiger partial charge in [0, 0.05) is 36.7 Å². The van der Waals surface area contributed by atoms with Gasteiger partial charge in [-0.1, -0.05) is 19.4 Å². The number of rotatable bonds is 11. The Morgan fingerprint density at radius 1 is 1.24 bits per heavy atom. The molecule has 6 unspecified atom stereocenters. The van der Waals surface area contributed by atoms with Gasteiger partial charge in [-0.15, -0.1) is 0 Å². The van der Waals surface area contributed by atoms with Crippen LogP contribution < -0.4 is 14.8 Å². The minimum atomic E-state index is -1.15. The monoisotopic (exact) mass is 694 g/mol. The smallest absolute Gasteiger partial charge is 0.247 e. The second-order valence-corrected chi connectivity index (χ2v) is 13.7. The molecule has 6 atom stereocenters. The van der Waals surface area contributed by atoms with Crippen molar-refractivity contribution in [3.05, 3.63) is 44.6 Å². The standard InChI is InChI=1S/C32H43IN2O7/c1-18(2)10-28(38)35(16-20-6-7-22-15-23(20)32(22,3)4)25-13-21(31(40)34-8-9-36)14-26(29(25)39)42-30-24(33)11-19(17-37)12-27(30)41-5/h10-12,14,17,20,22-23,25-26,29,36,39H,6-9,13,15-16H2,1-5H3,(H,34,40). The fourth-order valence-electron chi connectivity index (χ4n) is 6.99. The van der Waals surface area contributed by atoms with Gasteiger partial charge in [0.2, 0.25) is 11.8 Å². The number of carbonyl (C=O) groups is 3. The SMILES string of the molecule is COc1cc(C=O)cc(I)c1OC1C=C(C(=O)NCCO)CC(N(CC2CCC3CC2C3(C)C)C(=O)C=C(C)C)C1O. The molecule has 0 aliphatic heterocycles. The van der Waals surface area contributed by atoms with Crippen molar-refractivity contribution in [3.63, 3.8) is 0 Å². The molecule has 4 aliphatic rings. The minimum absolute atomic E-state index is 0.0776. The Hall–Kier alpha value is -2.44. The average Bonchev–Trinajstić information content (AvgIpc) is 2.95. The Morgan fingerprint density at radius 2 is 1.98 bits per heavy atom. The van der Waals surface area contributed by atoms with Crippen molar-refractivity contribution in [2.75, 3.05) is 26.8 Å². The molecule has 0 heterocycles. The van der Waals surface area contributed by atoms with E-state index in [1.807, 2.05) is 36.4 Å². The number of benzene rings is 1. The van der Waals surface area contributed by atoms with Crippen molar-refractivity contribution < 1.29 is 34.1 Å². The Labute approximate surface area is 261 Å². The second kappa shape index (κ2) is 13.5. The average molecular weight is 695 g/mol. The Bertz CT molecular complexity index is 1250. The summed E-state index contributed by atoms with van der Waals surface area (Å²) in [6, 6.07) is 2.48. The van der Waals surface area contributed by atoms with Crippen LogP contribution in [0.4, 0.5) is 0 Å². The maximum Gasteiger partial charge on any atom is 0.247 e. The summed E-state index contributed by atoms with van der Waals surface area (Å²) in [4.78, 5) is 40.1. The van der Waals surface area contributed by atoms with Gasteiger partial charge in [-0.25, -0.2) is 0 Å². The molecule has 0 aromatic heterocycles. The third-order valence-corrected chi connectivity index (χ3v) is 10.2. The van der Waals surface area contributed by atoms with E-state index < -0.39 is 18.2 Å². The number of nitrogens with one attached hydrogen (secondary N) is 1. The summed E-state index contributed by atoms with van der Waals surface area (Å²) in [6.45, 7) is 8.71. The van der Waals surface area contributed by atoms with E-state index in [0.29, 0.717) is 56.8 Å². The molecule has 2 amide bonds. The van der Waals surface area contributed by atoms with E-state index in [2.05, 4.69) is 19.2 Å². The molecule has 3 fully saturated rings. The summed E-state index contributed by atoms with van der Waals surface area (Å²) in [5.74, 6) is 1.57. The summed E-state index contributed by atoms with van der Waals surface area (Å²) in [5.41, 5.74) is 1.85. The lowest BCUT2D eigenvalue weighted by atomic mass is 9.45. The number of hydrogen-bond acceptors (Lipinski definition) is 7. The molecule has 42 heavy (non-hydrogen) atoms. The molecule has 4 aliphatic carbocycles. The maximum atomic E-state index is 13.8. The van der Waals surface area contributed by atoms with Crippen molar-refractivity contribution >= 4 is 40.7 Å². The summed E-state index contributed by atoms with van der Waals surface area (Å²) in [5, 5.41) is 23.8. The number of halogens is 1. The summed E-state index contributed by atoms with van der Waals surface area (Å²) < 4.78 is 12.4. The van der Waals surface area contributed by atoms with E-state index in [1.54, 1.807) is 29.2 Å². The van der Waals surface area contributed by atoms with Crippen LogP contribution in [0.3, 0.4) is 0 Å². The number of methoxy groups -OCH3 is 1. The van der Waals surface area contributed by atoms with Crippen LogP contribution in [0.15, 0.2) is 35.4 Å². The molecule has 3 N–H and O–H groups in total. The van der Waals surface area contributed by atoms with Gasteiger partial charge >= 0.3 is 0 Å². The van der Waals surface area contributed by atoms with Crippen molar-refractivity contribution in [1.29, 1.82) is 0 Å². The van der Waals surface area contributed by atoms with Gasteiger partial charge in [-0.3, -0.25) is 14.4 Å². The van der Waals surface area contributed by atoms with Crippen LogP contribution in [0.25, 0.3) is 0 Å². The molecular weight excluding hydrogens is 651 g/mol. The van der Waals surface area contributed by atoms with Crippen LogP contribution in [0.1, 0.15) is 63.7 Å². The first-order valence-electron chi connectivity index (χ1n) is 14.6. The van der Waals surface area contributed by atoms with Gasteiger partial charge < -0.3 is 29.9 Å². The second-order valence-electron chi connectivity index (χ2n) is 12.6. The van der Waals surface area contributed by atoms with Crippen molar-refractivity contribution in [3.8, 4) is 11.5 Å². The van der Waals surface area contributed by atoms with Crippen LogP contribution in [0.2, 0.25) is 0 Å². The van der Waals surface area contributed by atoms with Crippen LogP contribution in [0, 0.1) is 26.7 Å². The van der Waals surface area contributed by atoms with Gasteiger partial charge in [0.25, 0.3) is 0 Å². The van der Waals surface area contributed by atoms with Crippen molar-refractivity contribution in [2.45, 2.75) is 71.6 Å². The lowest BCUT2D eigenvalue weighted by molar-refractivity contribution is -0.143. The van der Waals surface area contributed by atoms with Crippen LogP contribution >= 0.6 is 22.6 Å². The van der Waals surface area contributed by atoms with Crippen LogP contribution in [-0.4, -0.2) is 78.3 Å². The molecule has 1 aromatic carbocycles. The normalized spacial score (nSPS) is 27.6. The molecule has 0 radical (unpaired) electrons. The van der Waals surface area contributed by atoms with E-state index in [-0.39, 0.29) is 36.8 Å². The van der Waals surface area contributed by atoms with E-state index in [9.17, 15) is 24.6 Å². The van der Waals surface area contributed by atoms with E-state index >= 15 is 0 Å². The van der Waals surface area contributed by atoms with Gasteiger partial charge in [0.1, 0.15) is 18.5 Å². The lowest BCUT2D eigenvalue weighted by Crippen LogP contribution is -2.59. The van der Waals surface area contributed by atoms with E-state index in [4.69, 9.17) is 9.47 Å². The Morgan fingerprint density at radius 3 is 2.57 bits per heavy atom. The third-order valence-electron chi connectivity index (χ3n) is 9.38. The predicted molar refractivity (Wildman–Crippen MR) is 167 cm³/mol. The highest BCUT2D eigenvalue weighted by Crippen LogP contribution is 2.61. The van der Waals surface area contributed by atoms with Crippen LogP contribution in [-0.2, 0) is 9.59 Å². The highest BCUT2D eigenvalue weighted by molar-refractivity contribution is 14.1. The first-order chi connectivity index (χ1) is 19.9. The molecule has 3 saturated carbocycles. The molecule has 1 aromatic rings. The number of amides is 2. The number of allylic oxidation sites excluding steroid dienone is 1. The number of aliphatic hydroxyl groups excluding tert-OH is 2. The van der Waals surface area contributed by atoms with Gasteiger partial charge in [-0.05, 0) is 97.1 Å². The molecule has 10 heteroatoms. The number of hydrogen-bond donors (Lipinski definition) is 3. The summed E-state index contributed by atoms with van der Waals surface area (Å²) in [7, 11) is 1.47. The molecule has 2 bridgehead atoms. The van der Waals surface area contributed by atoms with E-state index in [1.165, 1.54) is 7.11 Å². The number of fused-ring (bicyclic) bond motifs is 2. The number of ether oxygens (including phenoxy) is 2. The minimum Gasteiger partial charge on any atom is -0.493 e. The van der Waals surface area contributed by atoms with Crippen LogP contribution in [0.5, 0.6) is 11.5 Å². The van der Waals surface area contributed by atoms with Gasteiger partial charge in [0.15, 0.2) is 11.5 Å². The fourth-order valence-corrected chi connectivity index (χ4v) is 7.74. The molecule has 0 spiro atoms. The first-order valence-corrected chi connectivity index (χ1v) is 15.7. The zero-order chi connectivity index (χ0) is 30.8. The largest absolute Gasteiger partial charge is 0.493 e. The van der Waals surface area contributed by atoms with Gasteiger partial charge in [0.05, 0.1) is 23.3 Å². The molecular formula is C32H43IN2O7. The van der Waals surface area contributed by atoms with E-state index in [0.717, 1.165) is 24.8 Å². The fraction of sp³-hybridized carbons (Fsp3) is 0.594. The quantitative estimate of drug-likeness (QED) is 0.183. The Kier molecular flexibility index (Phi) is 10.4. The highest BCUT2D eigenvalue weighted by atomic mass is 127. The number of aliphatic hydroxyl groups is 2. The highest BCUT2D eigenvalue weighted by Gasteiger charge is 2.55. The zero-order valence-corrected chi connectivity index (χ0v) is 27.2. The number of nitrogens with zero attached hydrogens (tertiary/aromatic N) is 1. The third kappa shape index (κ3) is 6.70. The maximum absolute atomic E-state index is 13.8. The predicted octanol–water partition coefficient (Wildman–Crippen LogP) is 3.89. The molecule has 0 saturated heterocycles. The summed E-state index contributed by atoms with van der Waals surface area (Å²) >= 11 is 2.04. The topological polar surface area (TPSA) is 125 Å². The lowest BCUT2D eigenvalue weighted by Gasteiger charge is -2.61. The summed E-state index contributed by atoms with van der Waals surface area (Å²) in [6.07, 6.45) is 5.21. The van der Waals surface area contributed by atoms with Crippen molar-refractivity contribution in [2.24, 2.45) is 23.2 Å².